The number of carbonyl (C=O) groups is 2. The fourth-order valence-corrected chi connectivity index (χ4v) is 2.94. The minimum atomic E-state index is -1.00. The molecule has 0 aliphatic carbocycles. The summed E-state index contributed by atoms with van der Waals surface area (Å²) >= 11 is 1.60. The molecular formula is C17H20N2O3S. The zero-order valence-electron chi connectivity index (χ0n) is 13.4. The Morgan fingerprint density at radius 1 is 1.17 bits per heavy atom. The molecule has 1 amide bonds. The van der Waals surface area contributed by atoms with Crippen molar-refractivity contribution in [3.05, 3.63) is 51.5 Å². The standard InChI is InChI=1S/C17H20N2O3S/c1-17(2,3)13-10-23-14(19-13)8-9-18-15(20)11-4-6-12(7-5-11)16(21)22/h4-7,10H,8-9H2,1-3H3,(H,18,20)(H,21,22). The highest BCUT2D eigenvalue weighted by Gasteiger charge is 2.17. The van der Waals surface area contributed by atoms with E-state index in [9.17, 15) is 9.59 Å². The van der Waals surface area contributed by atoms with Crippen LogP contribution in [0.4, 0.5) is 0 Å². The summed E-state index contributed by atoms with van der Waals surface area (Å²) in [5, 5.41) is 14.7. The third-order valence-corrected chi connectivity index (χ3v) is 4.25. The van der Waals surface area contributed by atoms with Crippen molar-refractivity contribution in [2.75, 3.05) is 6.54 Å². The summed E-state index contributed by atoms with van der Waals surface area (Å²) in [6.07, 6.45) is 0.680. The number of hydrogen-bond acceptors (Lipinski definition) is 4. The number of amides is 1. The highest BCUT2D eigenvalue weighted by Crippen LogP contribution is 2.23. The van der Waals surface area contributed by atoms with Gasteiger partial charge in [0.25, 0.3) is 5.91 Å². The molecule has 1 aromatic carbocycles. The first-order chi connectivity index (χ1) is 10.8. The molecule has 5 nitrogen and oxygen atoms in total. The van der Waals surface area contributed by atoms with Gasteiger partial charge in [-0.05, 0) is 24.3 Å². The number of nitrogens with one attached hydrogen (secondary N) is 1. The molecule has 0 saturated carbocycles. The molecule has 0 unspecified atom stereocenters. The third kappa shape index (κ3) is 4.63. The van der Waals surface area contributed by atoms with Gasteiger partial charge in [-0.1, -0.05) is 20.8 Å². The van der Waals surface area contributed by atoms with Crippen molar-refractivity contribution in [2.45, 2.75) is 32.6 Å². The Morgan fingerprint density at radius 3 is 2.30 bits per heavy atom. The fourth-order valence-electron chi connectivity index (χ4n) is 1.92. The maximum Gasteiger partial charge on any atom is 0.335 e. The second-order valence-corrected chi connectivity index (χ2v) is 7.21. The first-order valence-electron chi connectivity index (χ1n) is 7.34. The molecule has 0 atom stereocenters. The average molecular weight is 332 g/mol. The van der Waals surface area contributed by atoms with Gasteiger partial charge in [0.2, 0.25) is 0 Å². The SMILES string of the molecule is CC(C)(C)c1csc(CCNC(=O)c2ccc(C(=O)O)cc2)n1. The average Bonchev–Trinajstić information content (AvgIpc) is 2.96. The number of carboxylic acids is 1. The van der Waals surface area contributed by atoms with E-state index in [-0.39, 0.29) is 16.9 Å². The lowest BCUT2D eigenvalue weighted by atomic mass is 9.93. The molecule has 2 N–H and O–H groups in total. The van der Waals surface area contributed by atoms with Crippen LogP contribution < -0.4 is 5.32 Å². The third-order valence-electron chi connectivity index (χ3n) is 3.34. The van der Waals surface area contributed by atoms with Crippen LogP contribution >= 0.6 is 11.3 Å². The molecule has 0 saturated heterocycles. The molecule has 0 fully saturated rings. The Kier molecular flexibility index (Phi) is 5.15. The molecule has 1 heterocycles. The van der Waals surface area contributed by atoms with Gasteiger partial charge >= 0.3 is 5.97 Å². The van der Waals surface area contributed by atoms with Gasteiger partial charge in [0, 0.05) is 29.3 Å². The van der Waals surface area contributed by atoms with E-state index < -0.39 is 5.97 Å². The zero-order valence-corrected chi connectivity index (χ0v) is 14.2. The van der Waals surface area contributed by atoms with Crippen LogP contribution in [-0.4, -0.2) is 28.5 Å². The Bertz CT molecular complexity index is 699. The molecule has 122 valence electrons. The van der Waals surface area contributed by atoms with Gasteiger partial charge < -0.3 is 10.4 Å². The fraction of sp³-hybridized carbons (Fsp3) is 0.353. The minimum Gasteiger partial charge on any atom is -0.478 e. The number of carbonyl (C=O) groups excluding carboxylic acids is 1. The smallest absolute Gasteiger partial charge is 0.335 e. The van der Waals surface area contributed by atoms with Gasteiger partial charge in [-0.15, -0.1) is 11.3 Å². The number of nitrogens with zero attached hydrogens (tertiary/aromatic N) is 1. The monoisotopic (exact) mass is 332 g/mol. The molecule has 0 spiro atoms. The maximum absolute atomic E-state index is 12.0. The first kappa shape index (κ1) is 17.1. The molecule has 2 aromatic rings. The van der Waals surface area contributed by atoms with E-state index in [1.807, 2.05) is 0 Å². The van der Waals surface area contributed by atoms with Crippen molar-refractivity contribution >= 4 is 23.2 Å². The molecule has 0 bridgehead atoms. The summed E-state index contributed by atoms with van der Waals surface area (Å²) in [6.45, 7) is 6.85. The minimum absolute atomic E-state index is 0.0316. The first-order valence-corrected chi connectivity index (χ1v) is 8.22. The maximum atomic E-state index is 12.0. The van der Waals surface area contributed by atoms with E-state index in [1.165, 1.54) is 24.3 Å². The summed E-state index contributed by atoms with van der Waals surface area (Å²) in [4.78, 5) is 27.4. The van der Waals surface area contributed by atoms with Gasteiger partial charge in [0.05, 0.1) is 16.3 Å². The number of aromatic carboxylic acids is 1. The number of benzene rings is 1. The number of hydrogen-bond donors (Lipinski definition) is 2. The predicted octanol–water partition coefficient (Wildman–Crippen LogP) is 3.11. The molecular weight excluding hydrogens is 312 g/mol. The van der Waals surface area contributed by atoms with Crippen LogP contribution in [0.1, 0.15) is 52.2 Å². The van der Waals surface area contributed by atoms with E-state index in [2.05, 4.69) is 36.5 Å². The van der Waals surface area contributed by atoms with Crippen molar-refractivity contribution in [1.82, 2.24) is 10.3 Å². The summed E-state index contributed by atoms with van der Waals surface area (Å²) < 4.78 is 0. The van der Waals surface area contributed by atoms with E-state index in [4.69, 9.17) is 5.11 Å². The molecule has 2 rings (SSSR count). The molecule has 0 aliphatic heterocycles. The number of carboxylic acid groups (broad SMARTS) is 1. The lowest BCUT2D eigenvalue weighted by molar-refractivity contribution is 0.0696. The van der Waals surface area contributed by atoms with E-state index in [0.29, 0.717) is 18.5 Å². The largest absolute Gasteiger partial charge is 0.478 e. The lowest BCUT2D eigenvalue weighted by Gasteiger charge is -2.14. The van der Waals surface area contributed by atoms with Gasteiger partial charge in [-0.3, -0.25) is 4.79 Å². The second-order valence-electron chi connectivity index (χ2n) is 6.26. The Hall–Kier alpha value is -2.21. The van der Waals surface area contributed by atoms with Gasteiger partial charge in [0.1, 0.15) is 0 Å². The van der Waals surface area contributed by atoms with Crippen molar-refractivity contribution in [2.24, 2.45) is 0 Å². The molecule has 1 aromatic heterocycles. The van der Waals surface area contributed by atoms with E-state index >= 15 is 0 Å². The van der Waals surface area contributed by atoms with Crippen LogP contribution in [0.5, 0.6) is 0 Å². The highest BCUT2D eigenvalue weighted by atomic mass is 32.1. The quantitative estimate of drug-likeness (QED) is 0.882. The summed E-state index contributed by atoms with van der Waals surface area (Å²) in [5.41, 5.74) is 1.71. The van der Waals surface area contributed by atoms with Crippen LogP contribution in [0, 0.1) is 0 Å². The van der Waals surface area contributed by atoms with Crippen molar-refractivity contribution in [3.8, 4) is 0 Å². The van der Waals surface area contributed by atoms with E-state index in [0.717, 1.165) is 10.7 Å². The zero-order chi connectivity index (χ0) is 17.0. The number of thiazole rings is 1. The summed E-state index contributed by atoms with van der Waals surface area (Å²) in [7, 11) is 0. The van der Waals surface area contributed by atoms with Crippen LogP contribution in [0.2, 0.25) is 0 Å². The molecule has 0 radical (unpaired) electrons. The molecule has 6 heteroatoms. The van der Waals surface area contributed by atoms with E-state index in [1.54, 1.807) is 11.3 Å². The lowest BCUT2D eigenvalue weighted by Crippen LogP contribution is -2.25. The van der Waals surface area contributed by atoms with Crippen molar-refractivity contribution < 1.29 is 14.7 Å². The van der Waals surface area contributed by atoms with Crippen LogP contribution in [-0.2, 0) is 11.8 Å². The number of rotatable bonds is 5. The normalized spacial score (nSPS) is 11.3. The Labute approximate surface area is 139 Å². The highest BCUT2D eigenvalue weighted by molar-refractivity contribution is 7.09. The number of aromatic nitrogens is 1. The summed E-state index contributed by atoms with van der Waals surface area (Å²) in [6, 6.07) is 5.88. The van der Waals surface area contributed by atoms with Crippen molar-refractivity contribution in [3.63, 3.8) is 0 Å². The molecule has 23 heavy (non-hydrogen) atoms. The van der Waals surface area contributed by atoms with Crippen molar-refractivity contribution in [1.29, 1.82) is 0 Å². The Balaban J connectivity index is 1.87. The second kappa shape index (κ2) is 6.91. The van der Waals surface area contributed by atoms with Crippen LogP contribution in [0.15, 0.2) is 29.6 Å². The van der Waals surface area contributed by atoms with Gasteiger partial charge in [0.15, 0.2) is 0 Å². The molecule has 0 aliphatic rings. The summed E-state index contributed by atoms with van der Waals surface area (Å²) in [5.74, 6) is -1.22. The van der Waals surface area contributed by atoms with Gasteiger partial charge in [-0.2, -0.15) is 0 Å². The topological polar surface area (TPSA) is 79.3 Å². The van der Waals surface area contributed by atoms with Crippen LogP contribution in [0.25, 0.3) is 0 Å². The van der Waals surface area contributed by atoms with Gasteiger partial charge in [-0.25, -0.2) is 9.78 Å². The predicted molar refractivity (Wildman–Crippen MR) is 90.3 cm³/mol. The Morgan fingerprint density at radius 2 is 1.78 bits per heavy atom. The van der Waals surface area contributed by atoms with Crippen LogP contribution in [0.3, 0.4) is 0 Å².